The molecule has 0 spiro atoms. The van der Waals surface area contributed by atoms with Crippen molar-refractivity contribution in [1.82, 2.24) is 14.9 Å². The number of carbonyl (C=O) groups is 1. The Morgan fingerprint density at radius 1 is 1.06 bits per heavy atom. The van der Waals surface area contributed by atoms with E-state index in [1.54, 1.807) is 12.1 Å². The Kier molecular flexibility index (Phi) is 6.61. The number of rotatable bonds is 7. The van der Waals surface area contributed by atoms with Gasteiger partial charge in [0.05, 0.1) is 23.6 Å². The molecule has 1 amide bonds. The summed E-state index contributed by atoms with van der Waals surface area (Å²) in [5.74, 6) is 1.57. The smallest absolute Gasteiger partial charge is 0.251 e. The van der Waals surface area contributed by atoms with Gasteiger partial charge in [-0.2, -0.15) is 0 Å². The van der Waals surface area contributed by atoms with Crippen LogP contribution in [0.2, 0.25) is 0 Å². The average Bonchev–Trinajstić information content (AvgIpc) is 3.16. The van der Waals surface area contributed by atoms with Crippen molar-refractivity contribution in [2.24, 2.45) is 0 Å². The van der Waals surface area contributed by atoms with E-state index in [0.29, 0.717) is 18.7 Å². The van der Waals surface area contributed by atoms with E-state index >= 15 is 0 Å². The monoisotopic (exact) mass is 491 g/mol. The molecule has 0 fully saturated rings. The van der Waals surface area contributed by atoms with Gasteiger partial charge in [0.2, 0.25) is 0 Å². The molecule has 1 unspecified atom stereocenters. The van der Waals surface area contributed by atoms with Gasteiger partial charge < -0.3 is 14.6 Å². The van der Waals surface area contributed by atoms with Crippen LogP contribution in [0, 0.1) is 13.8 Å². The summed E-state index contributed by atoms with van der Waals surface area (Å²) in [5.41, 5.74) is 4.90. The highest BCUT2D eigenvalue weighted by atomic mass is 79.9. The number of nitrogens with zero attached hydrogens (tertiary/aromatic N) is 2. The van der Waals surface area contributed by atoms with Crippen LogP contribution in [-0.2, 0) is 6.54 Å². The molecule has 5 nitrogen and oxygen atoms in total. The number of halogens is 1. The predicted molar refractivity (Wildman–Crippen MR) is 131 cm³/mol. The van der Waals surface area contributed by atoms with Crippen LogP contribution in [0.25, 0.3) is 11.0 Å². The van der Waals surface area contributed by atoms with E-state index in [1.165, 1.54) is 5.56 Å². The molecule has 1 atom stereocenters. The molecule has 0 radical (unpaired) electrons. The Labute approximate surface area is 196 Å². The van der Waals surface area contributed by atoms with E-state index < -0.39 is 0 Å². The molecular formula is C26H26BrN3O2. The Bertz CT molecular complexity index is 1250. The number of ether oxygens (including phenoxy) is 1. The van der Waals surface area contributed by atoms with E-state index in [0.717, 1.165) is 32.6 Å². The Morgan fingerprint density at radius 3 is 2.59 bits per heavy atom. The van der Waals surface area contributed by atoms with E-state index in [4.69, 9.17) is 9.72 Å². The summed E-state index contributed by atoms with van der Waals surface area (Å²) in [6, 6.07) is 21.2. The molecule has 0 aliphatic carbocycles. The summed E-state index contributed by atoms with van der Waals surface area (Å²) in [4.78, 5) is 17.6. The third kappa shape index (κ3) is 4.70. The SMILES string of the molecule is Cc1cccc(OCCn2c(C(C)NC(=O)c3ccc(Br)cc3)nc3ccccc32)c1C. The van der Waals surface area contributed by atoms with Gasteiger partial charge in [-0.05, 0) is 74.4 Å². The van der Waals surface area contributed by atoms with Crippen molar-refractivity contribution < 1.29 is 9.53 Å². The number of benzene rings is 3. The molecular weight excluding hydrogens is 466 g/mol. The molecule has 3 aromatic carbocycles. The van der Waals surface area contributed by atoms with Crippen molar-refractivity contribution >= 4 is 32.9 Å². The van der Waals surface area contributed by atoms with Crippen LogP contribution < -0.4 is 10.1 Å². The summed E-state index contributed by atoms with van der Waals surface area (Å²) in [7, 11) is 0. The molecule has 0 aliphatic rings. The first-order chi connectivity index (χ1) is 15.4. The largest absolute Gasteiger partial charge is 0.491 e. The van der Waals surface area contributed by atoms with Gasteiger partial charge in [-0.3, -0.25) is 4.79 Å². The third-order valence-electron chi connectivity index (χ3n) is 5.65. The molecule has 6 heteroatoms. The molecule has 4 rings (SSSR count). The number of fused-ring (bicyclic) bond motifs is 1. The molecule has 32 heavy (non-hydrogen) atoms. The van der Waals surface area contributed by atoms with Gasteiger partial charge in [-0.15, -0.1) is 0 Å². The van der Waals surface area contributed by atoms with Crippen LogP contribution in [0.3, 0.4) is 0 Å². The van der Waals surface area contributed by atoms with Crippen LogP contribution in [0.1, 0.15) is 40.3 Å². The summed E-state index contributed by atoms with van der Waals surface area (Å²) in [6.07, 6.45) is 0. The zero-order valence-corrected chi connectivity index (χ0v) is 20.0. The number of carbonyl (C=O) groups excluding carboxylic acids is 1. The lowest BCUT2D eigenvalue weighted by Crippen LogP contribution is -2.29. The summed E-state index contributed by atoms with van der Waals surface area (Å²) in [5, 5.41) is 3.08. The Balaban J connectivity index is 1.54. The number of imidazole rings is 1. The highest BCUT2D eigenvalue weighted by molar-refractivity contribution is 9.10. The van der Waals surface area contributed by atoms with Gasteiger partial charge in [0.25, 0.3) is 5.91 Å². The van der Waals surface area contributed by atoms with Gasteiger partial charge in [-0.1, -0.05) is 40.2 Å². The lowest BCUT2D eigenvalue weighted by molar-refractivity contribution is 0.0937. The first kappa shape index (κ1) is 22.1. The number of amides is 1. The Morgan fingerprint density at radius 2 is 1.81 bits per heavy atom. The van der Waals surface area contributed by atoms with Gasteiger partial charge in [0, 0.05) is 10.0 Å². The topological polar surface area (TPSA) is 56.1 Å². The molecule has 1 aromatic heterocycles. The average molecular weight is 492 g/mol. The van der Waals surface area contributed by atoms with Crippen LogP contribution in [0.5, 0.6) is 5.75 Å². The van der Waals surface area contributed by atoms with Crippen LogP contribution in [0.4, 0.5) is 0 Å². The fourth-order valence-electron chi connectivity index (χ4n) is 3.73. The Hall–Kier alpha value is -3.12. The summed E-state index contributed by atoms with van der Waals surface area (Å²) >= 11 is 3.40. The number of para-hydroxylation sites is 2. The summed E-state index contributed by atoms with van der Waals surface area (Å²) < 4.78 is 9.17. The maximum Gasteiger partial charge on any atom is 0.251 e. The first-order valence-electron chi connectivity index (χ1n) is 10.6. The minimum absolute atomic E-state index is 0.129. The zero-order chi connectivity index (χ0) is 22.7. The molecule has 4 aromatic rings. The van der Waals surface area contributed by atoms with Crippen LogP contribution in [0.15, 0.2) is 71.2 Å². The third-order valence-corrected chi connectivity index (χ3v) is 6.18. The lowest BCUT2D eigenvalue weighted by Gasteiger charge is -2.17. The number of aryl methyl sites for hydroxylation is 1. The molecule has 164 valence electrons. The lowest BCUT2D eigenvalue weighted by atomic mass is 10.1. The van der Waals surface area contributed by atoms with Crippen molar-refractivity contribution in [3.63, 3.8) is 0 Å². The van der Waals surface area contributed by atoms with Crippen molar-refractivity contribution in [3.05, 3.63) is 93.7 Å². The second-order valence-electron chi connectivity index (χ2n) is 7.86. The highest BCUT2D eigenvalue weighted by Gasteiger charge is 2.19. The van der Waals surface area contributed by atoms with E-state index in [2.05, 4.69) is 45.7 Å². The van der Waals surface area contributed by atoms with Crippen LogP contribution in [-0.4, -0.2) is 22.1 Å². The maximum absolute atomic E-state index is 12.7. The normalized spacial score (nSPS) is 12.0. The van der Waals surface area contributed by atoms with Crippen LogP contribution >= 0.6 is 15.9 Å². The fourth-order valence-corrected chi connectivity index (χ4v) is 4.00. The van der Waals surface area contributed by atoms with E-state index in [1.807, 2.05) is 55.5 Å². The zero-order valence-electron chi connectivity index (χ0n) is 18.4. The molecule has 0 aliphatic heterocycles. The maximum atomic E-state index is 12.7. The van der Waals surface area contributed by atoms with Crippen molar-refractivity contribution in [1.29, 1.82) is 0 Å². The molecule has 0 saturated heterocycles. The van der Waals surface area contributed by atoms with Crippen molar-refractivity contribution in [2.45, 2.75) is 33.4 Å². The van der Waals surface area contributed by atoms with E-state index in [-0.39, 0.29) is 11.9 Å². The minimum atomic E-state index is -0.265. The molecule has 0 bridgehead atoms. The number of hydrogen-bond acceptors (Lipinski definition) is 3. The van der Waals surface area contributed by atoms with E-state index in [9.17, 15) is 4.79 Å². The fraction of sp³-hybridized carbons (Fsp3) is 0.231. The van der Waals surface area contributed by atoms with Gasteiger partial charge >= 0.3 is 0 Å². The standard InChI is InChI=1S/C26H26BrN3O2/c1-17-7-6-10-24(18(17)2)32-16-15-30-23-9-5-4-8-22(23)29-25(30)19(3)28-26(31)20-11-13-21(27)14-12-20/h4-14,19H,15-16H2,1-3H3,(H,28,31). The number of hydrogen-bond donors (Lipinski definition) is 1. The second kappa shape index (κ2) is 9.57. The summed E-state index contributed by atoms with van der Waals surface area (Å²) in [6.45, 7) is 7.24. The number of aromatic nitrogens is 2. The van der Waals surface area contributed by atoms with Gasteiger partial charge in [0.15, 0.2) is 0 Å². The molecule has 1 heterocycles. The first-order valence-corrected chi connectivity index (χ1v) is 11.4. The van der Waals surface area contributed by atoms with Gasteiger partial charge in [0.1, 0.15) is 18.2 Å². The highest BCUT2D eigenvalue weighted by Crippen LogP contribution is 2.23. The second-order valence-corrected chi connectivity index (χ2v) is 8.77. The predicted octanol–water partition coefficient (Wildman–Crippen LogP) is 5.99. The quantitative estimate of drug-likeness (QED) is 0.345. The number of nitrogens with one attached hydrogen (secondary N) is 1. The minimum Gasteiger partial charge on any atom is -0.491 e. The van der Waals surface area contributed by atoms with Crippen molar-refractivity contribution in [3.8, 4) is 5.75 Å². The van der Waals surface area contributed by atoms with Crippen molar-refractivity contribution in [2.75, 3.05) is 6.61 Å². The molecule has 1 N–H and O–H groups in total. The molecule has 0 saturated carbocycles. The van der Waals surface area contributed by atoms with Gasteiger partial charge in [-0.25, -0.2) is 4.98 Å².